The normalized spacial score (nSPS) is 13.5. The molecule has 18 heavy (non-hydrogen) atoms. The monoisotopic (exact) mass is 285 g/mol. The van der Waals surface area contributed by atoms with Gasteiger partial charge in [-0.1, -0.05) is 29.3 Å². The van der Waals surface area contributed by atoms with Crippen molar-refractivity contribution >= 4 is 29.2 Å². The van der Waals surface area contributed by atoms with Crippen LogP contribution in [-0.4, -0.2) is 12.6 Å². The Morgan fingerprint density at radius 3 is 2.61 bits per heavy atom. The Bertz CT molecular complexity index is 496. The molecule has 0 spiro atoms. The Hall–Kier alpha value is -1.24. The van der Waals surface area contributed by atoms with Crippen molar-refractivity contribution < 1.29 is 9.53 Å². The average molecular weight is 286 g/mol. The van der Waals surface area contributed by atoms with Gasteiger partial charge in [0.2, 0.25) is 0 Å². The van der Waals surface area contributed by atoms with Gasteiger partial charge in [-0.3, -0.25) is 4.79 Å². The molecule has 0 saturated carbocycles. The lowest BCUT2D eigenvalue weighted by Gasteiger charge is -2.19. The van der Waals surface area contributed by atoms with Crippen LogP contribution in [0, 0.1) is 16.7 Å². The Labute approximate surface area is 116 Å². The fraction of sp³-hybridized carbons (Fsp3) is 0.385. The van der Waals surface area contributed by atoms with Crippen molar-refractivity contribution in [1.82, 2.24) is 0 Å². The van der Waals surface area contributed by atoms with Crippen LogP contribution in [0.15, 0.2) is 18.2 Å². The lowest BCUT2D eigenvalue weighted by molar-refractivity contribution is -0.151. The van der Waals surface area contributed by atoms with Gasteiger partial charge in [-0.15, -0.1) is 0 Å². The molecule has 0 amide bonds. The first-order valence-electron chi connectivity index (χ1n) is 5.45. The number of carbonyl (C=O) groups is 1. The molecule has 3 nitrogen and oxygen atoms in total. The van der Waals surface area contributed by atoms with Gasteiger partial charge in [-0.2, -0.15) is 5.26 Å². The van der Waals surface area contributed by atoms with Gasteiger partial charge in [-0.25, -0.2) is 0 Å². The van der Waals surface area contributed by atoms with Gasteiger partial charge in [0.15, 0.2) is 5.41 Å². The smallest absolute Gasteiger partial charge is 0.326 e. The zero-order valence-corrected chi connectivity index (χ0v) is 11.7. The Morgan fingerprint density at radius 1 is 1.44 bits per heavy atom. The van der Waals surface area contributed by atoms with Crippen LogP contribution in [0.3, 0.4) is 0 Å². The molecule has 1 aromatic rings. The SMILES string of the molecule is CCOC(=O)C(C)(C#N)Cc1ccc(Cl)c(Cl)c1. The molecule has 0 N–H and O–H groups in total. The first-order chi connectivity index (χ1) is 8.42. The van der Waals surface area contributed by atoms with Gasteiger partial charge in [0.25, 0.3) is 0 Å². The summed E-state index contributed by atoms with van der Waals surface area (Å²) >= 11 is 11.7. The van der Waals surface area contributed by atoms with Gasteiger partial charge in [0, 0.05) is 6.42 Å². The second kappa shape index (κ2) is 6.08. The Balaban J connectivity index is 2.95. The molecule has 0 heterocycles. The van der Waals surface area contributed by atoms with Crippen LogP contribution < -0.4 is 0 Å². The van der Waals surface area contributed by atoms with E-state index in [1.165, 1.54) is 0 Å². The molecule has 0 aromatic heterocycles. The fourth-order valence-electron chi connectivity index (χ4n) is 1.51. The first kappa shape index (κ1) is 14.8. The van der Waals surface area contributed by atoms with E-state index in [9.17, 15) is 4.79 Å². The maximum absolute atomic E-state index is 11.7. The van der Waals surface area contributed by atoms with Crippen LogP contribution in [0.4, 0.5) is 0 Å². The number of benzene rings is 1. The fourth-order valence-corrected chi connectivity index (χ4v) is 1.83. The number of hydrogen-bond donors (Lipinski definition) is 0. The van der Waals surface area contributed by atoms with E-state index < -0.39 is 11.4 Å². The van der Waals surface area contributed by atoms with Crippen molar-refractivity contribution in [1.29, 1.82) is 5.26 Å². The summed E-state index contributed by atoms with van der Waals surface area (Å²) in [4.78, 5) is 11.7. The number of halogens is 2. The van der Waals surface area contributed by atoms with E-state index in [1.54, 1.807) is 32.0 Å². The van der Waals surface area contributed by atoms with Gasteiger partial charge in [0.1, 0.15) is 0 Å². The van der Waals surface area contributed by atoms with Crippen LogP contribution in [-0.2, 0) is 16.0 Å². The van der Waals surface area contributed by atoms with Crippen LogP contribution in [0.25, 0.3) is 0 Å². The molecular weight excluding hydrogens is 273 g/mol. The molecule has 0 saturated heterocycles. The third-order valence-corrected chi connectivity index (χ3v) is 3.25. The summed E-state index contributed by atoms with van der Waals surface area (Å²) in [5.74, 6) is -0.529. The summed E-state index contributed by atoms with van der Waals surface area (Å²) in [7, 11) is 0. The van der Waals surface area contributed by atoms with Crippen molar-refractivity contribution in [3.63, 3.8) is 0 Å². The summed E-state index contributed by atoms with van der Waals surface area (Å²) in [6, 6.07) is 7.03. The number of nitrogens with zero attached hydrogens (tertiary/aromatic N) is 1. The maximum atomic E-state index is 11.7. The molecule has 0 aliphatic carbocycles. The largest absolute Gasteiger partial charge is 0.465 e. The van der Waals surface area contributed by atoms with Crippen molar-refractivity contribution in [3.05, 3.63) is 33.8 Å². The highest BCUT2D eigenvalue weighted by atomic mass is 35.5. The number of rotatable bonds is 4. The molecule has 1 rings (SSSR count). The number of esters is 1. The van der Waals surface area contributed by atoms with Gasteiger partial charge < -0.3 is 4.74 Å². The van der Waals surface area contributed by atoms with Crippen molar-refractivity contribution in [2.24, 2.45) is 5.41 Å². The predicted octanol–water partition coefficient (Wildman–Crippen LogP) is 3.63. The third-order valence-electron chi connectivity index (χ3n) is 2.51. The van der Waals surface area contributed by atoms with E-state index in [-0.39, 0.29) is 13.0 Å². The minimum Gasteiger partial charge on any atom is -0.465 e. The lowest BCUT2D eigenvalue weighted by Crippen LogP contribution is -2.30. The number of ether oxygens (including phenoxy) is 1. The molecule has 0 bridgehead atoms. The van der Waals surface area contributed by atoms with Crippen molar-refractivity contribution in [2.45, 2.75) is 20.3 Å². The van der Waals surface area contributed by atoms with E-state index in [0.717, 1.165) is 5.56 Å². The number of nitriles is 1. The summed E-state index contributed by atoms with van der Waals surface area (Å²) in [5.41, 5.74) is -0.450. The number of hydrogen-bond acceptors (Lipinski definition) is 3. The highest BCUT2D eigenvalue weighted by Crippen LogP contribution is 2.28. The molecule has 0 fully saturated rings. The highest BCUT2D eigenvalue weighted by Gasteiger charge is 2.35. The molecule has 0 aliphatic heterocycles. The zero-order valence-electron chi connectivity index (χ0n) is 10.2. The van der Waals surface area contributed by atoms with Crippen LogP contribution in [0.2, 0.25) is 10.0 Å². The van der Waals surface area contributed by atoms with E-state index in [0.29, 0.717) is 10.0 Å². The first-order valence-corrected chi connectivity index (χ1v) is 6.21. The molecule has 0 aliphatic rings. The topological polar surface area (TPSA) is 50.1 Å². The zero-order chi connectivity index (χ0) is 13.8. The maximum Gasteiger partial charge on any atom is 0.326 e. The summed E-state index contributed by atoms with van der Waals surface area (Å²) in [6.07, 6.45) is 0.235. The second-order valence-corrected chi connectivity index (χ2v) is 4.90. The highest BCUT2D eigenvalue weighted by molar-refractivity contribution is 6.42. The summed E-state index contributed by atoms with van der Waals surface area (Å²) < 4.78 is 4.90. The molecular formula is C13H13Cl2NO2. The number of carbonyl (C=O) groups excluding carboxylic acids is 1. The third kappa shape index (κ3) is 3.38. The summed E-state index contributed by atoms with van der Waals surface area (Å²) in [5, 5.41) is 10.00. The predicted molar refractivity (Wildman–Crippen MR) is 70.5 cm³/mol. The van der Waals surface area contributed by atoms with Crippen molar-refractivity contribution in [2.75, 3.05) is 6.61 Å². The van der Waals surface area contributed by atoms with Gasteiger partial charge in [0.05, 0.1) is 22.7 Å². The molecule has 5 heteroatoms. The van der Waals surface area contributed by atoms with Crippen LogP contribution >= 0.6 is 23.2 Å². The Morgan fingerprint density at radius 2 is 2.11 bits per heavy atom. The second-order valence-electron chi connectivity index (χ2n) is 4.09. The molecule has 96 valence electrons. The lowest BCUT2D eigenvalue weighted by atomic mass is 9.85. The standard InChI is InChI=1S/C13H13Cl2NO2/c1-3-18-12(17)13(2,8-16)7-9-4-5-10(14)11(15)6-9/h4-6H,3,7H2,1-2H3. The molecule has 1 atom stereocenters. The van der Waals surface area contributed by atoms with Gasteiger partial charge >= 0.3 is 5.97 Å². The molecule has 1 unspecified atom stereocenters. The minimum absolute atomic E-state index is 0.235. The molecule has 1 aromatic carbocycles. The quantitative estimate of drug-likeness (QED) is 0.794. The van der Waals surface area contributed by atoms with Crippen LogP contribution in [0.5, 0.6) is 0 Å². The van der Waals surface area contributed by atoms with Crippen molar-refractivity contribution in [3.8, 4) is 6.07 Å². The van der Waals surface area contributed by atoms with E-state index in [2.05, 4.69) is 0 Å². The molecule has 0 radical (unpaired) electrons. The van der Waals surface area contributed by atoms with E-state index in [1.807, 2.05) is 6.07 Å². The summed E-state index contributed by atoms with van der Waals surface area (Å²) in [6.45, 7) is 3.50. The Kier molecular flexibility index (Phi) is 5.01. The minimum atomic E-state index is -1.22. The van der Waals surface area contributed by atoms with E-state index >= 15 is 0 Å². The van der Waals surface area contributed by atoms with Gasteiger partial charge in [-0.05, 0) is 31.5 Å². The van der Waals surface area contributed by atoms with Crippen LogP contribution in [0.1, 0.15) is 19.4 Å². The van der Waals surface area contributed by atoms with E-state index in [4.69, 9.17) is 33.2 Å². The average Bonchev–Trinajstić information content (AvgIpc) is 2.34.